The maximum absolute atomic E-state index is 12.1. The Kier molecular flexibility index (Phi) is 5.67. The number of carboxylic acid groups (broad SMARTS) is 2. The van der Waals surface area contributed by atoms with Crippen LogP contribution in [0.25, 0.3) is 11.1 Å². The van der Waals surface area contributed by atoms with E-state index in [1.165, 1.54) is 18.2 Å². The van der Waals surface area contributed by atoms with Gasteiger partial charge in [-0.3, -0.25) is 4.79 Å². The van der Waals surface area contributed by atoms with Gasteiger partial charge in [0.2, 0.25) is 0 Å². The van der Waals surface area contributed by atoms with Gasteiger partial charge in [-0.1, -0.05) is 6.07 Å². The fraction of sp³-hybridized carbons (Fsp3) is 0.176. The summed E-state index contributed by atoms with van der Waals surface area (Å²) in [5, 5.41) is 27.5. The van der Waals surface area contributed by atoms with Crippen molar-refractivity contribution in [1.82, 2.24) is 4.98 Å². The first-order valence-corrected chi connectivity index (χ1v) is 7.61. The number of H-pyrrole nitrogens is 1. The van der Waals surface area contributed by atoms with Gasteiger partial charge in [-0.25, -0.2) is 9.59 Å². The molecule has 27 heavy (non-hydrogen) atoms. The van der Waals surface area contributed by atoms with E-state index in [1.54, 1.807) is 13.0 Å². The molecule has 1 aromatic carbocycles. The molecule has 10 nitrogen and oxygen atoms in total. The molecule has 0 atom stereocenters. The third-order valence-electron chi connectivity index (χ3n) is 3.50. The van der Waals surface area contributed by atoms with E-state index < -0.39 is 34.4 Å². The van der Waals surface area contributed by atoms with Gasteiger partial charge in [0.25, 0.3) is 5.56 Å². The number of carboxylic acids is 2. The number of nitrogens with zero attached hydrogens (tertiary/aromatic N) is 1. The largest absolute Gasteiger partial charge is 0.490 e. The highest BCUT2D eigenvalue weighted by Crippen LogP contribution is 2.36. The number of ether oxygens (including phenoxy) is 2. The Morgan fingerprint density at radius 1 is 1.19 bits per heavy atom. The quantitative estimate of drug-likeness (QED) is 0.557. The Balaban J connectivity index is 2.82. The second kappa shape index (κ2) is 7.92. The molecule has 0 saturated heterocycles. The van der Waals surface area contributed by atoms with Crippen molar-refractivity contribution in [2.75, 3.05) is 18.9 Å². The molecule has 140 valence electrons. The molecular formula is C17H15N3O7. The summed E-state index contributed by atoms with van der Waals surface area (Å²) in [5.74, 6) is -3.25. The molecule has 0 saturated carbocycles. The second-order valence-corrected chi connectivity index (χ2v) is 5.14. The lowest BCUT2D eigenvalue weighted by Gasteiger charge is -2.15. The number of rotatable bonds is 7. The molecule has 0 aliphatic heterocycles. The zero-order chi connectivity index (χ0) is 20.1. The number of nitrogens with two attached hydrogens (primary N) is 1. The highest BCUT2D eigenvalue weighted by molar-refractivity contribution is 6.07. The Hall–Kier alpha value is -4.00. The molecule has 1 aromatic heterocycles. The summed E-state index contributed by atoms with van der Waals surface area (Å²) >= 11 is 0. The van der Waals surface area contributed by atoms with Crippen LogP contribution in [0.1, 0.15) is 27.6 Å². The van der Waals surface area contributed by atoms with E-state index in [2.05, 4.69) is 0 Å². The van der Waals surface area contributed by atoms with E-state index in [1.807, 2.05) is 4.98 Å². The van der Waals surface area contributed by atoms with Gasteiger partial charge >= 0.3 is 11.9 Å². The highest BCUT2D eigenvalue weighted by atomic mass is 16.5. The van der Waals surface area contributed by atoms with Crippen LogP contribution in [0.4, 0.5) is 5.82 Å². The Morgan fingerprint density at radius 2 is 1.85 bits per heavy atom. The first kappa shape index (κ1) is 19.3. The summed E-state index contributed by atoms with van der Waals surface area (Å²) in [6, 6.07) is 5.85. The average Bonchev–Trinajstić information content (AvgIpc) is 2.59. The first-order chi connectivity index (χ1) is 12.8. The Bertz CT molecular complexity index is 1000. The van der Waals surface area contributed by atoms with Crippen molar-refractivity contribution in [3.05, 3.63) is 39.7 Å². The first-order valence-electron chi connectivity index (χ1n) is 7.61. The molecule has 0 bridgehead atoms. The molecule has 2 rings (SSSR count). The summed E-state index contributed by atoms with van der Waals surface area (Å²) < 4.78 is 10.6. The number of nitriles is 1. The summed E-state index contributed by atoms with van der Waals surface area (Å²) in [7, 11) is 0. The maximum Gasteiger partial charge on any atom is 0.342 e. The van der Waals surface area contributed by atoms with E-state index in [9.17, 15) is 24.6 Å². The number of carbonyl (C=O) groups is 2. The average molecular weight is 373 g/mol. The van der Waals surface area contributed by atoms with Crippen LogP contribution in [0, 0.1) is 11.3 Å². The lowest BCUT2D eigenvalue weighted by Crippen LogP contribution is -2.24. The molecule has 0 fully saturated rings. The van der Waals surface area contributed by atoms with Crippen molar-refractivity contribution in [3.63, 3.8) is 0 Å². The number of anilines is 1. The lowest BCUT2D eigenvalue weighted by molar-refractivity contribution is 0.0695. The van der Waals surface area contributed by atoms with Crippen LogP contribution >= 0.6 is 0 Å². The summed E-state index contributed by atoms with van der Waals surface area (Å²) in [5.41, 5.74) is 2.96. The number of benzene rings is 1. The number of pyridine rings is 1. The predicted molar refractivity (Wildman–Crippen MR) is 93.1 cm³/mol. The second-order valence-electron chi connectivity index (χ2n) is 5.14. The summed E-state index contributed by atoms with van der Waals surface area (Å²) in [6.07, 6.45) is 0. The molecule has 2 aromatic rings. The van der Waals surface area contributed by atoms with Crippen LogP contribution in [-0.2, 0) is 0 Å². The van der Waals surface area contributed by atoms with E-state index in [4.69, 9.17) is 20.5 Å². The monoisotopic (exact) mass is 373 g/mol. The van der Waals surface area contributed by atoms with Gasteiger partial charge in [-0.05, 0) is 24.6 Å². The van der Waals surface area contributed by atoms with Crippen LogP contribution < -0.4 is 20.8 Å². The predicted octanol–water partition coefficient (Wildman–Crippen LogP) is 1.32. The van der Waals surface area contributed by atoms with Crippen molar-refractivity contribution in [2.45, 2.75) is 6.92 Å². The van der Waals surface area contributed by atoms with E-state index in [0.717, 1.165) is 0 Å². The number of hydrogen-bond acceptors (Lipinski definition) is 7. The minimum absolute atomic E-state index is 0.0790. The fourth-order valence-corrected chi connectivity index (χ4v) is 2.50. The van der Waals surface area contributed by atoms with Crippen LogP contribution in [0.5, 0.6) is 11.5 Å². The Morgan fingerprint density at radius 3 is 2.41 bits per heavy atom. The van der Waals surface area contributed by atoms with Crippen molar-refractivity contribution >= 4 is 17.8 Å². The topological polar surface area (TPSA) is 176 Å². The summed E-state index contributed by atoms with van der Waals surface area (Å²) in [4.78, 5) is 37.3. The minimum Gasteiger partial charge on any atom is -0.490 e. The third-order valence-corrected chi connectivity index (χ3v) is 3.50. The molecule has 5 N–H and O–H groups in total. The number of aromatic carboxylic acids is 2. The van der Waals surface area contributed by atoms with E-state index >= 15 is 0 Å². The minimum atomic E-state index is -1.61. The van der Waals surface area contributed by atoms with Crippen LogP contribution in [0.15, 0.2) is 23.0 Å². The maximum atomic E-state index is 12.1. The Labute approximate surface area is 152 Å². The lowest BCUT2D eigenvalue weighted by atomic mass is 9.95. The molecule has 0 radical (unpaired) electrons. The van der Waals surface area contributed by atoms with Crippen molar-refractivity contribution in [3.8, 4) is 28.7 Å². The smallest absolute Gasteiger partial charge is 0.342 e. The van der Waals surface area contributed by atoms with Crippen LogP contribution in [0.2, 0.25) is 0 Å². The van der Waals surface area contributed by atoms with Gasteiger partial charge in [0.05, 0.1) is 6.61 Å². The van der Waals surface area contributed by atoms with E-state index in [0.29, 0.717) is 0 Å². The third kappa shape index (κ3) is 3.82. The molecule has 0 aliphatic carbocycles. The molecule has 0 spiro atoms. The van der Waals surface area contributed by atoms with Crippen LogP contribution in [-0.4, -0.2) is 40.3 Å². The number of hydrogen-bond donors (Lipinski definition) is 4. The fourth-order valence-electron chi connectivity index (χ4n) is 2.50. The molecule has 0 aliphatic rings. The zero-order valence-corrected chi connectivity index (χ0v) is 14.1. The molecule has 10 heteroatoms. The highest BCUT2D eigenvalue weighted by Gasteiger charge is 2.27. The number of aromatic amines is 1. The SMILES string of the molecule is CCOc1cc(-c2c(C(=O)O)c(N)[nH]c(=O)c2C(=O)O)ccc1OCC#N. The molecule has 0 unspecified atom stereocenters. The van der Waals surface area contributed by atoms with Gasteiger partial charge in [0.15, 0.2) is 18.1 Å². The summed E-state index contributed by atoms with van der Waals surface area (Å²) in [6.45, 7) is 1.66. The van der Waals surface area contributed by atoms with Gasteiger partial charge < -0.3 is 30.4 Å². The van der Waals surface area contributed by atoms with Gasteiger partial charge in [0.1, 0.15) is 23.0 Å². The van der Waals surface area contributed by atoms with Gasteiger partial charge in [-0.2, -0.15) is 5.26 Å². The van der Waals surface area contributed by atoms with Crippen molar-refractivity contribution in [2.24, 2.45) is 0 Å². The van der Waals surface area contributed by atoms with Gasteiger partial charge in [0, 0.05) is 5.56 Å². The number of nitrogens with one attached hydrogen (secondary N) is 1. The number of nitrogen functional groups attached to an aromatic ring is 1. The van der Waals surface area contributed by atoms with E-state index in [-0.39, 0.29) is 35.8 Å². The standard InChI is InChI=1S/C17H15N3O7/c1-2-26-10-7-8(3-4-9(10)27-6-5-18)11-12(16(22)23)14(19)20-15(21)13(11)17(24)25/h3-4,7H,2,6H2,1H3,(H,22,23)(H,24,25)(H3,19,20,21). The van der Waals surface area contributed by atoms with Gasteiger partial charge in [-0.15, -0.1) is 0 Å². The molecule has 1 heterocycles. The van der Waals surface area contributed by atoms with Crippen LogP contribution in [0.3, 0.4) is 0 Å². The zero-order valence-electron chi connectivity index (χ0n) is 14.1. The van der Waals surface area contributed by atoms with Crippen molar-refractivity contribution < 1.29 is 29.3 Å². The molecule has 0 amide bonds. The number of aromatic nitrogens is 1. The normalized spacial score (nSPS) is 10.1. The van der Waals surface area contributed by atoms with Crippen molar-refractivity contribution in [1.29, 1.82) is 5.26 Å². The molecular weight excluding hydrogens is 358 g/mol.